The average Bonchev–Trinajstić information content (AvgIpc) is 2.96. The first-order valence-corrected chi connectivity index (χ1v) is 7.50. The fourth-order valence-corrected chi connectivity index (χ4v) is 2.58. The van der Waals surface area contributed by atoms with Gasteiger partial charge in [-0.1, -0.05) is 0 Å². The van der Waals surface area contributed by atoms with E-state index < -0.39 is 18.0 Å². The molecule has 1 atom stereocenters. The van der Waals surface area contributed by atoms with Gasteiger partial charge in [-0.25, -0.2) is 13.8 Å². The molecule has 6 heteroatoms. The lowest BCUT2D eigenvalue weighted by atomic mass is 10.1. The molecule has 0 unspecified atom stereocenters. The number of halogens is 1. The van der Waals surface area contributed by atoms with Crippen molar-refractivity contribution in [1.29, 1.82) is 0 Å². The number of nitrogens with zero attached hydrogens (tertiary/aromatic N) is 2. The number of aliphatic hydroxyl groups is 1. The van der Waals surface area contributed by atoms with E-state index in [4.69, 9.17) is 9.84 Å². The van der Waals surface area contributed by atoms with Gasteiger partial charge in [0.05, 0.1) is 18.8 Å². The van der Waals surface area contributed by atoms with Crippen molar-refractivity contribution >= 4 is 11.8 Å². The molecule has 1 aliphatic heterocycles. The first kappa shape index (κ1) is 15.4. The molecule has 1 amide bonds. The first-order valence-electron chi connectivity index (χ1n) is 7.50. The topological polar surface area (TPSA) is 53.6 Å². The van der Waals surface area contributed by atoms with Crippen LogP contribution in [-0.4, -0.2) is 30.5 Å². The summed E-state index contributed by atoms with van der Waals surface area (Å²) in [5.74, 6) is -0.406. The molecule has 0 saturated carbocycles. The molecule has 1 fully saturated rings. The zero-order valence-corrected chi connectivity index (χ0v) is 12.8. The average molecular weight is 317 g/mol. The van der Waals surface area contributed by atoms with Crippen LogP contribution in [0.5, 0.6) is 0 Å². The summed E-state index contributed by atoms with van der Waals surface area (Å²) in [5, 5.41) is 9.06. The number of carbonyl (C=O) groups excluding carboxylic acids is 1. The summed E-state index contributed by atoms with van der Waals surface area (Å²) in [6.45, 7) is 2.86. The molecule has 120 valence electrons. The van der Waals surface area contributed by atoms with Crippen molar-refractivity contribution in [2.75, 3.05) is 18.1 Å². The van der Waals surface area contributed by atoms with Gasteiger partial charge in [-0.2, -0.15) is 0 Å². The van der Waals surface area contributed by atoms with Crippen LogP contribution in [0.2, 0.25) is 0 Å². The number of aromatic nitrogens is 1. The summed E-state index contributed by atoms with van der Waals surface area (Å²) >= 11 is 0. The number of hydrogen-bond donors (Lipinski definition) is 1. The van der Waals surface area contributed by atoms with E-state index in [1.54, 1.807) is 12.1 Å². The fraction of sp³-hybridized carbons (Fsp3) is 0.294. The van der Waals surface area contributed by atoms with E-state index in [1.165, 1.54) is 11.0 Å². The lowest BCUT2D eigenvalue weighted by Crippen LogP contribution is -2.30. The van der Waals surface area contributed by atoms with E-state index in [0.717, 1.165) is 12.1 Å². The normalized spacial score (nSPS) is 17.4. The Kier molecular flexibility index (Phi) is 4.25. The summed E-state index contributed by atoms with van der Waals surface area (Å²) in [6.07, 6.45) is 2.65. The van der Waals surface area contributed by atoms with E-state index in [0.29, 0.717) is 11.3 Å². The van der Waals surface area contributed by atoms with Crippen molar-refractivity contribution in [3.63, 3.8) is 0 Å². The number of pyridine rings is 1. The maximum Gasteiger partial charge on any atom is 0.414 e. The van der Waals surface area contributed by atoms with E-state index in [9.17, 15) is 9.18 Å². The van der Waals surface area contributed by atoms with Crippen LogP contribution in [0.3, 0.4) is 0 Å². The second kappa shape index (κ2) is 6.34. The zero-order chi connectivity index (χ0) is 16.4. The van der Waals surface area contributed by atoms with Gasteiger partial charge in [0, 0.05) is 17.7 Å². The fourth-order valence-electron chi connectivity index (χ4n) is 2.58. The third-order valence-electron chi connectivity index (χ3n) is 3.91. The SMILES string of the molecule is CC[n+]1ccc(-c2ccc(N3C[C@H](CO)OC3=O)cc2F)cc1. The Balaban J connectivity index is 1.87. The molecule has 0 bridgehead atoms. The Morgan fingerprint density at radius 1 is 1.35 bits per heavy atom. The monoisotopic (exact) mass is 317 g/mol. The Hall–Kier alpha value is -2.47. The highest BCUT2D eigenvalue weighted by atomic mass is 19.1. The maximum absolute atomic E-state index is 14.4. The molecule has 3 rings (SSSR count). The molecule has 1 aromatic carbocycles. The molecule has 0 radical (unpaired) electrons. The first-order chi connectivity index (χ1) is 11.1. The number of anilines is 1. The van der Waals surface area contributed by atoms with E-state index >= 15 is 0 Å². The van der Waals surface area contributed by atoms with Crippen molar-refractivity contribution in [2.24, 2.45) is 0 Å². The largest absolute Gasteiger partial charge is 0.441 e. The lowest BCUT2D eigenvalue weighted by molar-refractivity contribution is -0.693. The molecule has 2 aromatic rings. The van der Waals surface area contributed by atoms with Crippen LogP contribution in [0, 0.1) is 5.82 Å². The number of aryl methyl sites for hydroxylation is 1. The standard InChI is InChI=1S/C17H18FN2O3/c1-2-19-7-5-12(6-8-19)15-4-3-13(9-16(15)18)20-10-14(11-21)23-17(20)22/h3-9,14,21H,2,10-11H2,1H3/q+1/t14-/m1/s1. The van der Waals surface area contributed by atoms with Gasteiger partial charge in [-0.15, -0.1) is 0 Å². The highest BCUT2D eigenvalue weighted by molar-refractivity contribution is 5.90. The Morgan fingerprint density at radius 3 is 2.65 bits per heavy atom. The van der Waals surface area contributed by atoms with Crippen LogP contribution in [0.1, 0.15) is 6.92 Å². The number of cyclic esters (lactones) is 1. The highest BCUT2D eigenvalue weighted by Gasteiger charge is 2.32. The molecule has 1 aliphatic rings. The number of rotatable bonds is 4. The summed E-state index contributed by atoms with van der Waals surface area (Å²) in [6, 6.07) is 8.36. The van der Waals surface area contributed by atoms with Gasteiger partial charge in [-0.05, 0) is 30.7 Å². The predicted molar refractivity (Wildman–Crippen MR) is 82.4 cm³/mol. The van der Waals surface area contributed by atoms with Gasteiger partial charge in [0.1, 0.15) is 18.5 Å². The smallest absolute Gasteiger partial charge is 0.414 e. The zero-order valence-electron chi connectivity index (χ0n) is 12.8. The minimum atomic E-state index is -0.570. The molecule has 0 spiro atoms. The third-order valence-corrected chi connectivity index (χ3v) is 3.91. The maximum atomic E-state index is 14.4. The Bertz CT molecular complexity index is 718. The predicted octanol–water partition coefficient (Wildman–Crippen LogP) is 2.12. The molecule has 23 heavy (non-hydrogen) atoms. The van der Waals surface area contributed by atoms with Gasteiger partial charge >= 0.3 is 6.09 Å². The van der Waals surface area contributed by atoms with Gasteiger partial charge < -0.3 is 9.84 Å². The molecule has 0 aliphatic carbocycles. The number of carbonyl (C=O) groups is 1. The second-order valence-electron chi connectivity index (χ2n) is 5.38. The Morgan fingerprint density at radius 2 is 2.09 bits per heavy atom. The second-order valence-corrected chi connectivity index (χ2v) is 5.38. The quantitative estimate of drug-likeness (QED) is 0.879. The molecule has 2 heterocycles. The molecule has 5 nitrogen and oxygen atoms in total. The van der Waals surface area contributed by atoms with Crippen molar-refractivity contribution in [1.82, 2.24) is 0 Å². The molecular weight excluding hydrogens is 299 g/mol. The lowest BCUT2D eigenvalue weighted by Gasteiger charge is -2.14. The summed E-state index contributed by atoms with van der Waals surface area (Å²) in [5.41, 5.74) is 1.67. The third kappa shape index (κ3) is 3.03. The van der Waals surface area contributed by atoms with Crippen LogP contribution in [0.25, 0.3) is 11.1 Å². The number of benzene rings is 1. The number of aliphatic hydroxyl groups excluding tert-OH is 1. The van der Waals surface area contributed by atoms with Crippen LogP contribution >= 0.6 is 0 Å². The van der Waals surface area contributed by atoms with Crippen LogP contribution < -0.4 is 9.47 Å². The van der Waals surface area contributed by atoms with E-state index in [2.05, 4.69) is 0 Å². The summed E-state index contributed by atoms with van der Waals surface area (Å²) < 4.78 is 21.4. The van der Waals surface area contributed by atoms with Gasteiger partial charge in [0.2, 0.25) is 0 Å². The van der Waals surface area contributed by atoms with Gasteiger partial charge in [0.25, 0.3) is 0 Å². The number of hydrogen-bond acceptors (Lipinski definition) is 3. The molecular formula is C17H18FN2O3+. The van der Waals surface area contributed by atoms with Crippen molar-refractivity contribution in [3.05, 3.63) is 48.5 Å². The Labute approximate surface area is 133 Å². The minimum absolute atomic E-state index is 0.218. The summed E-state index contributed by atoms with van der Waals surface area (Å²) in [4.78, 5) is 13.1. The van der Waals surface area contributed by atoms with E-state index in [1.807, 2.05) is 36.0 Å². The van der Waals surface area contributed by atoms with Crippen molar-refractivity contribution < 1.29 is 23.6 Å². The van der Waals surface area contributed by atoms with Gasteiger partial charge in [0.15, 0.2) is 12.4 Å². The van der Waals surface area contributed by atoms with Crippen LogP contribution in [-0.2, 0) is 11.3 Å². The molecule has 1 N–H and O–H groups in total. The van der Waals surface area contributed by atoms with Crippen molar-refractivity contribution in [2.45, 2.75) is 19.6 Å². The highest BCUT2D eigenvalue weighted by Crippen LogP contribution is 2.28. The van der Waals surface area contributed by atoms with Gasteiger partial charge in [-0.3, -0.25) is 4.90 Å². The van der Waals surface area contributed by atoms with Crippen LogP contribution in [0.4, 0.5) is 14.9 Å². The number of amides is 1. The minimum Gasteiger partial charge on any atom is -0.441 e. The van der Waals surface area contributed by atoms with Crippen LogP contribution in [0.15, 0.2) is 42.7 Å². The summed E-state index contributed by atoms with van der Waals surface area (Å²) in [7, 11) is 0. The molecule has 1 saturated heterocycles. The number of ether oxygens (including phenoxy) is 1. The van der Waals surface area contributed by atoms with Crippen molar-refractivity contribution in [3.8, 4) is 11.1 Å². The molecule has 1 aromatic heterocycles. The van der Waals surface area contributed by atoms with E-state index in [-0.39, 0.29) is 13.2 Å².